The third kappa shape index (κ3) is 4.23. The van der Waals surface area contributed by atoms with Crippen LogP contribution in [0.25, 0.3) is 0 Å². The van der Waals surface area contributed by atoms with E-state index in [0.717, 1.165) is 38.5 Å². The van der Waals surface area contributed by atoms with Crippen LogP contribution in [0.2, 0.25) is 0 Å². The van der Waals surface area contributed by atoms with E-state index in [1.165, 1.54) is 11.1 Å². The van der Waals surface area contributed by atoms with Crippen LogP contribution in [-0.2, 0) is 22.7 Å². The van der Waals surface area contributed by atoms with Gasteiger partial charge in [-0.05, 0) is 78.9 Å². The Bertz CT molecular complexity index is 1140. The number of hydrogen-bond donors (Lipinski definition) is 1. The molecule has 3 fully saturated rings. The van der Waals surface area contributed by atoms with Gasteiger partial charge < -0.3 is 10.2 Å². The molecule has 1 N–H and O–H groups in total. The highest BCUT2D eigenvalue weighted by Gasteiger charge is 2.61. The lowest BCUT2D eigenvalue weighted by Crippen LogP contribution is -2.59. The van der Waals surface area contributed by atoms with Crippen molar-refractivity contribution in [2.45, 2.75) is 71.5 Å². The van der Waals surface area contributed by atoms with Gasteiger partial charge in [0.05, 0.1) is 0 Å². The number of carbonyl (C=O) groups is 2. The molecule has 3 aliphatic carbocycles. The maximum Gasteiger partial charge on any atom is 0.243 e. The molecule has 0 saturated heterocycles. The Morgan fingerprint density at radius 1 is 0.865 bits per heavy atom. The van der Waals surface area contributed by atoms with Crippen LogP contribution in [0.4, 0.5) is 0 Å². The van der Waals surface area contributed by atoms with Crippen molar-refractivity contribution in [3.8, 4) is 0 Å². The second kappa shape index (κ2) is 9.45. The van der Waals surface area contributed by atoms with Crippen LogP contribution in [0.15, 0.2) is 72.8 Å². The number of amides is 2. The van der Waals surface area contributed by atoms with Crippen molar-refractivity contribution < 1.29 is 9.59 Å². The van der Waals surface area contributed by atoms with Gasteiger partial charge in [0, 0.05) is 30.5 Å². The van der Waals surface area contributed by atoms with Crippen molar-refractivity contribution >= 4 is 11.8 Å². The van der Waals surface area contributed by atoms with Gasteiger partial charge in [0.25, 0.3) is 0 Å². The minimum atomic E-state index is 0.0346. The molecule has 1 aliphatic heterocycles. The number of fused-ring (bicyclic) bond motifs is 5. The van der Waals surface area contributed by atoms with Gasteiger partial charge in [-0.2, -0.15) is 0 Å². The molecule has 2 aromatic carbocycles. The highest BCUT2D eigenvalue weighted by molar-refractivity contribution is 5.89. The second-order valence-electron chi connectivity index (χ2n) is 12.6. The smallest absolute Gasteiger partial charge is 0.243 e. The molecule has 7 atom stereocenters. The molecule has 0 radical (unpaired) electrons. The van der Waals surface area contributed by atoms with E-state index >= 15 is 0 Å². The fourth-order valence-electron chi connectivity index (χ4n) is 8.78. The Labute approximate surface area is 221 Å². The fraction of sp³-hybridized carbons (Fsp3) is 0.515. The molecular weight excluding hydrogens is 456 g/mol. The molecular formula is C33H40N2O2. The summed E-state index contributed by atoms with van der Waals surface area (Å²) in [5.74, 6) is 2.28. The van der Waals surface area contributed by atoms with Gasteiger partial charge >= 0.3 is 0 Å². The lowest BCUT2D eigenvalue weighted by atomic mass is 9.48. The topological polar surface area (TPSA) is 49.4 Å². The van der Waals surface area contributed by atoms with Crippen molar-refractivity contribution in [2.75, 3.05) is 0 Å². The van der Waals surface area contributed by atoms with E-state index in [-0.39, 0.29) is 28.7 Å². The highest BCUT2D eigenvalue weighted by Crippen LogP contribution is 2.65. The first kappa shape index (κ1) is 24.5. The Morgan fingerprint density at radius 3 is 2.16 bits per heavy atom. The monoisotopic (exact) mass is 496 g/mol. The summed E-state index contributed by atoms with van der Waals surface area (Å²) in [6, 6.07) is 21.1. The first-order valence-corrected chi connectivity index (χ1v) is 14.2. The molecule has 37 heavy (non-hydrogen) atoms. The SMILES string of the molecule is C[C@]12C=CC(=O)NC1CC[C@@H]1[C@H]2CC[C@]2(C)C(C(=O)N(Cc3ccccc3)Cc3ccccc3)CC[C@@H]12. The molecule has 0 bridgehead atoms. The first-order chi connectivity index (χ1) is 17.9. The summed E-state index contributed by atoms with van der Waals surface area (Å²) in [4.78, 5) is 28.5. The van der Waals surface area contributed by atoms with Gasteiger partial charge in [0.2, 0.25) is 11.8 Å². The number of nitrogens with one attached hydrogen (secondary N) is 1. The maximum atomic E-state index is 14.4. The van der Waals surface area contributed by atoms with E-state index in [1.807, 2.05) is 12.1 Å². The number of carbonyl (C=O) groups excluding carboxylic acids is 2. The predicted molar refractivity (Wildman–Crippen MR) is 146 cm³/mol. The summed E-state index contributed by atoms with van der Waals surface area (Å²) in [6.07, 6.45) is 10.6. The Balaban J connectivity index is 1.25. The third-order valence-electron chi connectivity index (χ3n) is 10.7. The van der Waals surface area contributed by atoms with Crippen LogP contribution in [0.1, 0.15) is 63.5 Å². The molecule has 4 aliphatic rings. The minimum Gasteiger partial charge on any atom is -0.349 e. The summed E-state index contributed by atoms with van der Waals surface area (Å²) in [7, 11) is 0. The summed E-state index contributed by atoms with van der Waals surface area (Å²) in [6.45, 7) is 6.11. The van der Waals surface area contributed by atoms with Crippen LogP contribution in [0, 0.1) is 34.5 Å². The average Bonchev–Trinajstić information content (AvgIpc) is 3.27. The first-order valence-electron chi connectivity index (χ1n) is 14.2. The summed E-state index contributed by atoms with van der Waals surface area (Å²) in [5.41, 5.74) is 2.46. The molecule has 4 heteroatoms. The number of nitrogens with zero attached hydrogens (tertiary/aromatic N) is 1. The van der Waals surface area contributed by atoms with Gasteiger partial charge in [-0.3, -0.25) is 9.59 Å². The molecule has 3 saturated carbocycles. The summed E-state index contributed by atoms with van der Waals surface area (Å²) < 4.78 is 0. The molecule has 6 rings (SSSR count). The van der Waals surface area contributed by atoms with Crippen molar-refractivity contribution in [1.29, 1.82) is 0 Å². The van der Waals surface area contributed by atoms with Crippen LogP contribution in [-0.4, -0.2) is 22.8 Å². The van der Waals surface area contributed by atoms with Crippen LogP contribution in [0.3, 0.4) is 0 Å². The van der Waals surface area contributed by atoms with E-state index < -0.39 is 0 Å². The van der Waals surface area contributed by atoms with Crippen LogP contribution in [0.5, 0.6) is 0 Å². The number of hydrogen-bond acceptors (Lipinski definition) is 2. The fourth-order valence-corrected chi connectivity index (χ4v) is 8.78. The van der Waals surface area contributed by atoms with Crippen molar-refractivity contribution in [3.63, 3.8) is 0 Å². The number of rotatable bonds is 5. The van der Waals surface area contributed by atoms with Crippen molar-refractivity contribution in [2.24, 2.45) is 34.5 Å². The molecule has 2 aromatic rings. The minimum absolute atomic E-state index is 0.0346. The second-order valence-corrected chi connectivity index (χ2v) is 12.6. The molecule has 0 spiro atoms. The lowest BCUT2D eigenvalue weighted by Gasteiger charge is -2.58. The van der Waals surface area contributed by atoms with E-state index in [1.54, 1.807) is 6.08 Å². The van der Waals surface area contributed by atoms with Crippen LogP contribution >= 0.6 is 0 Å². The van der Waals surface area contributed by atoms with Crippen molar-refractivity contribution in [1.82, 2.24) is 10.2 Å². The highest BCUT2D eigenvalue weighted by atomic mass is 16.2. The van der Waals surface area contributed by atoms with Gasteiger partial charge in [0.15, 0.2) is 0 Å². The van der Waals surface area contributed by atoms with E-state index in [0.29, 0.717) is 36.8 Å². The Morgan fingerprint density at radius 2 is 1.51 bits per heavy atom. The third-order valence-corrected chi connectivity index (χ3v) is 10.7. The van der Waals surface area contributed by atoms with E-state index in [4.69, 9.17) is 0 Å². The standard InChI is InChI=1S/C33H40N2O2/c1-32-19-17-27-25(13-16-29-33(27,2)20-18-30(36)34-29)26(32)14-15-28(32)31(37)35(21-23-9-5-3-6-10-23)22-24-11-7-4-8-12-24/h3-12,18,20,25-29H,13-17,19,21-22H2,1-2H3,(H,34,36)/t25-,26-,27+,28?,29?,32-,33+/m0/s1. The Hall–Kier alpha value is -2.88. The molecule has 194 valence electrons. The van der Waals surface area contributed by atoms with Gasteiger partial charge in [-0.1, -0.05) is 80.6 Å². The summed E-state index contributed by atoms with van der Waals surface area (Å²) >= 11 is 0. The predicted octanol–water partition coefficient (Wildman–Crippen LogP) is 6.13. The lowest BCUT2D eigenvalue weighted by molar-refractivity contribution is -0.145. The summed E-state index contributed by atoms with van der Waals surface area (Å²) in [5, 5.41) is 3.26. The molecule has 0 aromatic heterocycles. The molecule has 2 unspecified atom stereocenters. The van der Waals surface area contributed by atoms with Gasteiger partial charge in [0.1, 0.15) is 0 Å². The molecule has 1 heterocycles. The van der Waals surface area contributed by atoms with E-state index in [9.17, 15) is 9.59 Å². The number of benzene rings is 2. The van der Waals surface area contributed by atoms with E-state index in [2.05, 4.69) is 78.7 Å². The molecule has 4 nitrogen and oxygen atoms in total. The van der Waals surface area contributed by atoms with Crippen LogP contribution < -0.4 is 5.32 Å². The zero-order chi connectivity index (χ0) is 25.6. The quantitative estimate of drug-likeness (QED) is 0.541. The normalized spacial score (nSPS) is 36.2. The van der Waals surface area contributed by atoms with Gasteiger partial charge in [-0.15, -0.1) is 0 Å². The Kier molecular flexibility index (Phi) is 6.25. The zero-order valence-electron chi connectivity index (χ0n) is 22.2. The zero-order valence-corrected chi connectivity index (χ0v) is 22.2. The maximum absolute atomic E-state index is 14.4. The average molecular weight is 497 g/mol. The van der Waals surface area contributed by atoms with Gasteiger partial charge in [-0.25, -0.2) is 0 Å². The van der Waals surface area contributed by atoms with Crippen molar-refractivity contribution in [3.05, 3.63) is 83.9 Å². The largest absolute Gasteiger partial charge is 0.349 e. The molecule has 2 amide bonds.